The molecule has 0 N–H and O–H groups in total. The van der Waals surface area contributed by atoms with Gasteiger partial charge in [0.2, 0.25) is 0 Å². The van der Waals surface area contributed by atoms with Gasteiger partial charge in [-0.15, -0.1) is 0 Å². The van der Waals surface area contributed by atoms with Crippen LogP contribution in [0.3, 0.4) is 0 Å². The average molecular weight is 431 g/mol. The number of likely N-dealkylation sites (tertiary alicyclic amines) is 1. The smallest absolute Gasteiger partial charge is 0.134 e. The predicted molar refractivity (Wildman–Crippen MR) is 127 cm³/mol. The molecule has 0 amide bonds. The molecule has 4 aromatic rings. The number of fused-ring (bicyclic) bond motifs is 2. The van der Waals surface area contributed by atoms with Crippen LogP contribution in [0.4, 0.5) is 0 Å². The highest BCUT2D eigenvalue weighted by Gasteiger charge is 2.21. The summed E-state index contributed by atoms with van der Waals surface area (Å²) in [7, 11) is 1.68. The second-order valence-corrected chi connectivity index (χ2v) is 8.68. The topological polar surface area (TPSA) is 47.7 Å². The molecule has 1 aliphatic rings. The largest absolute Gasteiger partial charge is 0.497 e. The van der Waals surface area contributed by atoms with Gasteiger partial charge in [0.05, 0.1) is 25.8 Å². The van der Waals surface area contributed by atoms with Gasteiger partial charge < -0.3 is 13.9 Å². The monoisotopic (exact) mass is 430 g/mol. The maximum Gasteiger partial charge on any atom is 0.134 e. The molecule has 0 spiro atoms. The molecule has 1 aliphatic heterocycles. The van der Waals surface area contributed by atoms with E-state index in [4.69, 9.17) is 13.9 Å². The maximum absolute atomic E-state index is 6.14. The second kappa shape index (κ2) is 9.61. The fourth-order valence-corrected chi connectivity index (χ4v) is 4.77. The third-order valence-electron chi connectivity index (χ3n) is 6.38. The number of hydrogen-bond acceptors (Lipinski definition) is 5. The van der Waals surface area contributed by atoms with Crippen molar-refractivity contribution in [1.82, 2.24) is 9.88 Å². The summed E-state index contributed by atoms with van der Waals surface area (Å²) in [6, 6.07) is 18.3. The normalized spacial score (nSPS) is 17.1. The van der Waals surface area contributed by atoms with E-state index in [0.29, 0.717) is 5.92 Å². The van der Waals surface area contributed by atoms with Gasteiger partial charge in [-0.05, 0) is 74.5 Å². The third-order valence-corrected chi connectivity index (χ3v) is 6.38. The van der Waals surface area contributed by atoms with E-state index < -0.39 is 0 Å². The van der Waals surface area contributed by atoms with E-state index >= 15 is 0 Å². The zero-order valence-corrected chi connectivity index (χ0v) is 18.6. The van der Waals surface area contributed by atoms with Gasteiger partial charge in [0.15, 0.2) is 0 Å². The summed E-state index contributed by atoms with van der Waals surface area (Å²) in [6.07, 6.45) is 6.59. The standard InChI is InChI=1S/C27H30N2O3/c1-30-22-10-11-25-24(17-22)27(12-13-28-25)31-15-5-7-20-6-4-14-29(18-20)19-23-16-21-8-2-3-9-26(21)32-23/h2-3,8-13,16-17,20H,4-7,14-15,18-19H2,1H3. The second-order valence-electron chi connectivity index (χ2n) is 8.68. The van der Waals surface area contributed by atoms with Crippen LogP contribution in [0.1, 0.15) is 31.4 Å². The highest BCUT2D eigenvalue weighted by atomic mass is 16.5. The average Bonchev–Trinajstić information content (AvgIpc) is 3.24. The number of aromatic nitrogens is 1. The molecule has 2 aromatic heterocycles. The number of para-hydroxylation sites is 1. The Bertz CT molecular complexity index is 1150. The van der Waals surface area contributed by atoms with Crippen LogP contribution in [0.5, 0.6) is 11.5 Å². The van der Waals surface area contributed by atoms with Crippen LogP contribution in [0, 0.1) is 5.92 Å². The first-order chi connectivity index (χ1) is 15.8. The van der Waals surface area contributed by atoms with Crippen molar-refractivity contribution in [3.63, 3.8) is 0 Å². The fraction of sp³-hybridized carbons (Fsp3) is 0.370. The molecular formula is C27H30N2O3. The molecule has 32 heavy (non-hydrogen) atoms. The Kier molecular flexibility index (Phi) is 6.26. The number of nitrogens with zero attached hydrogens (tertiary/aromatic N) is 2. The Morgan fingerprint density at radius 1 is 1.12 bits per heavy atom. The van der Waals surface area contributed by atoms with Crippen LogP contribution >= 0.6 is 0 Å². The highest BCUT2D eigenvalue weighted by molar-refractivity contribution is 5.86. The van der Waals surface area contributed by atoms with Crippen LogP contribution in [0.15, 0.2) is 65.2 Å². The number of ether oxygens (including phenoxy) is 2. The molecule has 1 fully saturated rings. The molecule has 166 valence electrons. The zero-order valence-electron chi connectivity index (χ0n) is 18.6. The summed E-state index contributed by atoms with van der Waals surface area (Å²) >= 11 is 0. The Labute approximate surface area is 188 Å². The van der Waals surface area contributed by atoms with Gasteiger partial charge in [-0.1, -0.05) is 18.2 Å². The van der Waals surface area contributed by atoms with Gasteiger partial charge >= 0.3 is 0 Å². The minimum atomic E-state index is 0.714. The van der Waals surface area contributed by atoms with E-state index in [0.717, 1.165) is 66.4 Å². The van der Waals surface area contributed by atoms with E-state index in [1.165, 1.54) is 24.6 Å². The summed E-state index contributed by atoms with van der Waals surface area (Å²) in [6.45, 7) is 3.89. The summed E-state index contributed by atoms with van der Waals surface area (Å²) < 4.78 is 17.5. The van der Waals surface area contributed by atoms with E-state index in [9.17, 15) is 0 Å². The Morgan fingerprint density at radius 2 is 2.06 bits per heavy atom. The van der Waals surface area contributed by atoms with Gasteiger partial charge in [0.1, 0.15) is 22.8 Å². The van der Waals surface area contributed by atoms with Crippen LogP contribution in [0.25, 0.3) is 21.9 Å². The molecule has 1 saturated heterocycles. The molecule has 1 unspecified atom stereocenters. The number of methoxy groups -OCH3 is 1. The summed E-state index contributed by atoms with van der Waals surface area (Å²) in [5, 5.41) is 2.19. The minimum Gasteiger partial charge on any atom is -0.497 e. The van der Waals surface area contributed by atoms with Gasteiger partial charge in [-0.25, -0.2) is 0 Å². The first-order valence-electron chi connectivity index (χ1n) is 11.5. The molecule has 0 bridgehead atoms. The Morgan fingerprint density at radius 3 is 2.97 bits per heavy atom. The molecule has 0 saturated carbocycles. The van der Waals surface area contributed by atoms with Gasteiger partial charge in [-0.3, -0.25) is 9.88 Å². The number of benzene rings is 2. The predicted octanol–water partition coefficient (Wildman–Crippen LogP) is 6.06. The van der Waals surface area contributed by atoms with Crippen molar-refractivity contribution in [3.05, 3.63) is 66.6 Å². The third kappa shape index (κ3) is 4.73. The van der Waals surface area contributed by atoms with Crippen LogP contribution in [0.2, 0.25) is 0 Å². The quantitative estimate of drug-likeness (QED) is 0.318. The van der Waals surface area contributed by atoms with E-state index in [-0.39, 0.29) is 0 Å². The summed E-state index contributed by atoms with van der Waals surface area (Å²) in [5.74, 6) is 3.48. The SMILES string of the molecule is COc1ccc2nccc(OCCCC3CCCN(Cc4cc5ccccc5o4)C3)c2c1. The zero-order chi connectivity index (χ0) is 21.8. The molecule has 0 radical (unpaired) electrons. The van der Waals surface area contributed by atoms with Crippen LogP contribution in [-0.2, 0) is 6.54 Å². The summed E-state index contributed by atoms with van der Waals surface area (Å²) in [5.41, 5.74) is 1.91. The summed E-state index contributed by atoms with van der Waals surface area (Å²) in [4.78, 5) is 6.96. The fourth-order valence-electron chi connectivity index (χ4n) is 4.77. The number of pyridine rings is 1. The van der Waals surface area contributed by atoms with Crippen LogP contribution < -0.4 is 9.47 Å². The molecule has 5 nitrogen and oxygen atoms in total. The Hall–Kier alpha value is -3.05. The van der Waals surface area contributed by atoms with E-state index in [1.807, 2.05) is 36.4 Å². The van der Waals surface area contributed by atoms with Crippen molar-refractivity contribution < 1.29 is 13.9 Å². The molecule has 1 atom stereocenters. The highest BCUT2D eigenvalue weighted by Crippen LogP contribution is 2.29. The number of furan rings is 1. The van der Waals surface area contributed by atoms with Gasteiger partial charge in [-0.2, -0.15) is 0 Å². The molecule has 2 aromatic carbocycles. The maximum atomic E-state index is 6.14. The minimum absolute atomic E-state index is 0.714. The number of rotatable bonds is 8. The van der Waals surface area contributed by atoms with Crippen molar-refractivity contribution in [3.8, 4) is 11.5 Å². The van der Waals surface area contributed by atoms with E-state index in [2.05, 4.69) is 28.1 Å². The Balaban J connectivity index is 1.12. The van der Waals surface area contributed by atoms with Crippen LogP contribution in [-0.4, -0.2) is 36.7 Å². The van der Waals surface area contributed by atoms with Crippen molar-refractivity contribution in [2.75, 3.05) is 26.8 Å². The lowest BCUT2D eigenvalue weighted by Gasteiger charge is -2.32. The van der Waals surface area contributed by atoms with Crippen molar-refractivity contribution in [2.45, 2.75) is 32.2 Å². The number of hydrogen-bond donors (Lipinski definition) is 0. The van der Waals surface area contributed by atoms with Crippen molar-refractivity contribution in [1.29, 1.82) is 0 Å². The molecule has 5 heteroatoms. The molecule has 3 heterocycles. The number of piperidine rings is 1. The van der Waals surface area contributed by atoms with Gasteiger partial charge in [0.25, 0.3) is 0 Å². The first-order valence-corrected chi connectivity index (χ1v) is 11.5. The van der Waals surface area contributed by atoms with Crippen molar-refractivity contribution >= 4 is 21.9 Å². The lowest BCUT2D eigenvalue weighted by molar-refractivity contribution is 0.147. The molecule has 0 aliphatic carbocycles. The molecule has 5 rings (SSSR count). The van der Waals surface area contributed by atoms with Crippen molar-refractivity contribution in [2.24, 2.45) is 5.92 Å². The lowest BCUT2D eigenvalue weighted by atomic mass is 9.93. The van der Waals surface area contributed by atoms with Gasteiger partial charge in [0, 0.05) is 23.5 Å². The lowest BCUT2D eigenvalue weighted by Crippen LogP contribution is -2.34. The molecular weight excluding hydrogens is 400 g/mol. The first kappa shape index (κ1) is 20.8. The van der Waals surface area contributed by atoms with E-state index in [1.54, 1.807) is 13.3 Å².